The smallest absolute Gasteiger partial charge is 0.251 e. The van der Waals surface area contributed by atoms with Crippen LogP contribution in [0.5, 0.6) is 0 Å². The normalized spacial score (nSPS) is 13.1. The Balaban J connectivity index is 2.07. The highest BCUT2D eigenvalue weighted by Gasteiger charge is 2.22. The number of thiophene rings is 1. The number of sulfonamides is 1. The highest BCUT2D eigenvalue weighted by molar-refractivity contribution is 7.89. The number of carbonyl (C=O) groups excluding carboxylic acids is 1. The molecule has 0 aliphatic carbocycles. The summed E-state index contributed by atoms with van der Waals surface area (Å²) < 4.78 is 26.4. The molecule has 1 amide bonds. The number of benzene rings is 1. The van der Waals surface area contributed by atoms with Crippen molar-refractivity contribution in [3.05, 3.63) is 52.2 Å². The van der Waals surface area contributed by atoms with Gasteiger partial charge in [0.1, 0.15) is 0 Å². The number of nitrogens with one attached hydrogen (secondary N) is 1. The fraction of sp³-hybridized carbons (Fsp3) is 0.421. The Morgan fingerprint density at radius 2 is 1.74 bits per heavy atom. The maximum atomic E-state index is 12.5. The van der Waals surface area contributed by atoms with Crippen LogP contribution in [0, 0.1) is 0 Å². The zero-order chi connectivity index (χ0) is 20.0. The molecule has 148 valence electrons. The lowest BCUT2D eigenvalue weighted by molar-refractivity contribution is 0.0942. The third-order valence-electron chi connectivity index (χ3n) is 4.41. The van der Waals surface area contributed by atoms with E-state index >= 15 is 0 Å². The predicted octanol–water partition coefficient (Wildman–Crippen LogP) is 2.81. The lowest BCUT2D eigenvalue weighted by atomic mass is 10.2. The lowest BCUT2D eigenvalue weighted by Crippen LogP contribution is -2.34. The van der Waals surface area contributed by atoms with Crippen molar-refractivity contribution in [2.45, 2.75) is 24.8 Å². The average Bonchev–Trinajstić information content (AvgIpc) is 3.16. The molecule has 1 atom stereocenters. The molecule has 8 heteroatoms. The SMILES string of the molecule is CCN(CC)S(=O)(=O)c1ccc(C(=O)NC[C@@H](c2cccs2)N(C)C)cc1. The summed E-state index contributed by atoms with van der Waals surface area (Å²) in [5, 5.41) is 4.95. The van der Waals surface area contributed by atoms with Crippen molar-refractivity contribution in [1.29, 1.82) is 0 Å². The van der Waals surface area contributed by atoms with E-state index in [1.54, 1.807) is 37.3 Å². The van der Waals surface area contributed by atoms with E-state index in [4.69, 9.17) is 0 Å². The van der Waals surface area contributed by atoms with E-state index < -0.39 is 10.0 Å². The zero-order valence-electron chi connectivity index (χ0n) is 16.2. The maximum Gasteiger partial charge on any atom is 0.251 e. The Hall–Kier alpha value is -1.74. The fourth-order valence-electron chi connectivity index (χ4n) is 2.80. The van der Waals surface area contributed by atoms with Gasteiger partial charge in [-0.1, -0.05) is 19.9 Å². The summed E-state index contributed by atoms with van der Waals surface area (Å²) in [6.45, 7) is 4.91. The minimum Gasteiger partial charge on any atom is -0.350 e. The van der Waals surface area contributed by atoms with Gasteiger partial charge in [0.25, 0.3) is 5.91 Å². The zero-order valence-corrected chi connectivity index (χ0v) is 17.8. The Morgan fingerprint density at radius 1 is 1.11 bits per heavy atom. The molecule has 1 aromatic heterocycles. The fourth-order valence-corrected chi connectivity index (χ4v) is 5.18. The number of nitrogens with zero attached hydrogens (tertiary/aromatic N) is 2. The van der Waals surface area contributed by atoms with E-state index in [-0.39, 0.29) is 16.8 Å². The molecule has 0 fully saturated rings. The number of hydrogen-bond acceptors (Lipinski definition) is 5. The quantitative estimate of drug-likeness (QED) is 0.691. The van der Waals surface area contributed by atoms with Crippen LogP contribution in [0.15, 0.2) is 46.7 Å². The number of likely N-dealkylation sites (N-methyl/N-ethyl adjacent to an activating group) is 1. The van der Waals surface area contributed by atoms with Crippen LogP contribution in [0.1, 0.15) is 35.1 Å². The summed E-state index contributed by atoms with van der Waals surface area (Å²) in [6.07, 6.45) is 0. The highest BCUT2D eigenvalue weighted by Crippen LogP contribution is 2.22. The number of rotatable bonds is 9. The summed E-state index contributed by atoms with van der Waals surface area (Å²) in [5.74, 6) is -0.217. The van der Waals surface area contributed by atoms with Crippen molar-refractivity contribution in [2.75, 3.05) is 33.7 Å². The van der Waals surface area contributed by atoms with Crippen LogP contribution >= 0.6 is 11.3 Å². The third-order valence-corrected chi connectivity index (χ3v) is 7.45. The van der Waals surface area contributed by atoms with E-state index in [2.05, 4.69) is 10.2 Å². The van der Waals surface area contributed by atoms with E-state index in [1.165, 1.54) is 21.3 Å². The first-order chi connectivity index (χ1) is 12.8. The second kappa shape index (κ2) is 9.45. The van der Waals surface area contributed by atoms with Gasteiger partial charge in [-0.25, -0.2) is 8.42 Å². The monoisotopic (exact) mass is 409 g/mol. The van der Waals surface area contributed by atoms with E-state index in [0.29, 0.717) is 25.2 Å². The van der Waals surface area contributed by atoms with Crippen molar-refractivity contribution >= 4 is 27.3 Å². The van der Waals surface area contributed by atoms with Crippen LogP contribution in [0.2, 0.25) is 0 Å². The minimum absolute atomic E-state index is 0.0938. The van der Waals surface area contributed by atoms with E-state index in [0.717, 1.165) is 0 Å². The molecule has 1 aromatic carbocycles. The second-order valence-electron chi connectivity index (χ2n) is 6.32. The third kappa shape index (κ3) is 5.16. The average molecular weight is 410 g/mol. The maximum absolute atomic E-state index is 12.5. The van der Waals surface area contributed by atoms with Crippen LogP contribution in [0.25, 0.3) is 0 Å². The molecule has 6 nitrogen and oxygen atoms in total. The molecule has 0 unspecified atom stereocenters. The number of carbonyl (C=O) groups is 1. The molecule has 27 heavy (non-hydrogen) atoms. The van der Waals surface area contributed by atoms with Crippen molar-refractivity contribution < 1.29 is 13.2 Å². The summed E-state index contributed by atoms with van der Waals surface area (Å²) >= 11 is 1.65. The molecular formula is C19H27N3O3S2. The van der Waals surface area contributed by atoms with Gasteiger partial charge in [0.05, 0.1) is 10.9 Å². The molecule has 0 radical (unpaired) electrons. The Bertz CT molecular complexity index is 828. The minimum atomic E-state index is -3.51. The largest absolute Gasteiger partial charge is 0.350 e. The van der Waals surface area contributed by atoms with Gasteiger partial charge in [0.2, 0.25) is 10.0 Å². The van der Waals surface area contributed by atoms with Gasteiger partial charge >= 0.3 is 0 Å². The van der Waals surface area contributed by atoms with Crippen molar-refractivity contribution in [3.8, 4) is 0 Å². The van der Waals surface area contributed by atoms with Gasteiger partial charge in [-0.15, -0.1) is 11.3 Å². The van der Waals surface area contributed by atoms with Gasteiger partial charge in [0, 0.05) is 30.1 Å². The van der Waals surface area contributed by atoms with Crippen molar-refractivity contribution in [3.63, 3.8) is 0 Å². The first kappa shape index (κ1) is 21.6. The molecule has 1 heterocycles. The Kier molecular flexibility index (Phi) is 7.55. The Morgan fingerprint density at radius 3 is 2.22 bits per heavy atom. The first-order valence-corrected chi connectivity index (χ1v) is 11.2. The van der Waals surface area contributed by atoms with Gasteiger partial charge in [0.15, 0.2) is 0 Å². The van der Waals surface area contributed by atoms with Crippen LogP contribution in [0.4, 0.5) is 0 Å². The van der Waals surface area contributed by atoms with Gasteiger partial charge in [-0.05, 0) is 49.8 Å². The van der Waals surface area contributed by atoms with E-state index in [9.17, 15) is 13.2 Å². The highest BCUT2D eigenvalue weighted by atomic mass is 32.2. The molecule has 0 saturated carbocycles. The summed E-state index contributed by atoms with van der Waals surface area (Å²) in [5.41, 5.74) is 0.442. The number of hydrogen-bond donors (Lipinski definition) is 1. The summed E-state index contributed by atoms with van der Waals surface area (Å²) in [7, 11) is 0.437. The molecule has 0 saturated heterocycles. The molecule has 0 aliphatic heterocycles. The van der Waals surface area contributed by atoms with Crippen LogP contribution < -0.4 is 5.32 Å². The van der Waals surface area contributed by atoms with Crippen molar-refractivity contribution in [1.82, 2.24) is 14.5 Å². The van der Waals surface area contributed by atoms with Gasteiger partial charge in [-0.3, -0.25) is 4.79 Å². The molecule has 2 rings (SSSR count). The van der Waals surface area contributed by atoms with Crippen LogP contribution in [-0.4, -0.2) is 57.3 Å². The molecule has 0 bridgehead atoms. The molecular weight excluding hydrogens is 382 g/mol. The standard InChI is InChI=1S/C19H27N3O3S2/c1-5-22(6-2)27(24,25)16-11-9-15(10-12-16)19(23)20-14-17(21(3)4)18-8-7-13-26-18/h7-13,17H,5-6,14H2,1-4H3,(H,20,23)/t17-/m0/s1. The van der Waals surface area contributed by atoms with Gasteiger partial charge in [-0.2, -0.15) is 4.31 Å². The Labute approximate surface area is 165 Å². The molecule has 0 aliphatic rings. The van der Waals surface area contributed by atoms with Gasteiger partial charge < -0.3 is 10.2 Å². The number of amides is 1. The molecule has 0 spiro atoms. The first-order valence-electron chi connectivity index (χ1n) is 8.89. The van der Waals surface area contributed by atoms with Crippen molar-refractivity contribution in [2.24, 2.45) is 0 Å². The van der Waals surface area contributed by atoms with E-state index in [1.807, 2.05) is 31.6 Å². The predicted molar refractivity (Wildman–Crippen MR) is 110 cm³/mol. The van der Waals surface area contributed by atoms with Crippen LogP contribution in [0.3, 0.4) is 0 Å². The second-order valence-corrected chi connectivity index (χ2v) is 9.24. The van der Waals surface area contributed by atoms with Crippen LogP contribution in [-0.2, 0) is 10.0 Å². The topological polar surface area (TPSA) is 69.7 Å². The summed E-state index contributed by atoms with van der Waals surface area (Å²) in [6, 6.07) is 10.2. The molecule has 1 N–H and O–H groups in total. The lowest BCUT2D eigenvalue weighted by Gasteiger charge is -2.23. The molecule has 2 aromatic rings. The summed E-state index contributed by atoms with van der Waals surface area (Å²) in [4.78, 5) is 15.9.